The minimum absolute atomic E-state index is 0.208. The molecule has 0 N–H and O–H groups in total. The number of aromatic nitrogens is 2. The van der Waals surface area contributed by atoms with E-state index >= 15 is 0 Å². The van der Waals surface area contributed by atoms with Gasteiger partial charge in [0, 0.05) is 16.7 Å². The van der Waals surface area contributed by atoms with Gasteiger partial charge >= 0.3 is 12.1 Å². The normalized spacial score (nSPS) is 11.8. The fraction of sp³-hybridized carbons (Fsp3) is 0.235. The third kappa shape index (κ3) is 4.32. The summed E-state index contributed by atoms with van der Waals surface area (Å²) < 4.78 is 44.2. The van der Waals surface area contributed by atoms with Gasteiger partial charge in [0.1, 0.15) is 0 Å². The average molecular weight is 387 g/mol. The van der Waals surface area contributed by atoms with Gasteiger partial charge in [-0.1, -0.05) is 11.6 Å². The van der Waals surface area contributed by atoms with Crippen LogP contribution in [0.4, 0.5) is 13.2 Å². The molecule has 5 nitrogen and oxygen atoms in total. The molecular formula is C17H14ClF3N2O3. The molecule has 0 amide bonds. The summed E-state index contributed by atoms with van der Waals surface area (Å²) in [5, 5.41) is 3.88. The fourth-order valence-electron chi connectivity index (χ4n) is 2.15. The van der Waals surface area contributed by atoms with E-state index in [2.05, 4.69) is 5.10 Å². The third-order valence-corrected chi connectivity index (χ3v) is 3.78. The van der Waals surface area contributed by atoms with Crippen molar-refractivity contribution in [3.8, 4) is 5.69 Å². The summed E-state index contributed by atoms with van der Waals surface area (Å²) in [4.78, 5) is 23.6. The van der Waals surface area contributed by atoms with Crippen molar-refractivity contribution in [3.63, 3.8) is 0 Å². The fourth-order valence-corrected chi connectivity index (χ4v) is 2.33. The number of rotatable bonds is 4. The predicted molar refractivity (Wildman–Crippen MR) is 90.3 cm³/mol. The lowest BCUT2D eigenvalue weighted by Crippen LogP contribution is -2.27. The summed E-state index contributed by atoms with van der Waals surface area (Å²) in [5.41, 5.74) is -1.87. The quantitative estimate of drug-likeness (QED) is 0.592. The summed E-state index contributed by atoms with van der Waals surface area (Å²) in [6, 6.07) is 4.31. The van der Waals surface area contributed by atoms with Gasteiger partial charge in [-0.3, -0.25) is 4.79 Å². The van der Waals surface area contributed by atoms with E-state index in [1.807, 2.05) is 0 Å². The van der Waals surface area contributed by atoms with Crippen molar-refractivity contribution in [2.45, 2.75) is 20.0 Å². The van der Waals surface area contributed by atoms with Crippen LogP contribution in [-0.4, -0.2) is 22.4 Å². The van der Waals surface area contributed by atoms with Crippen molar-refractivity contribution < 1.29 is 22.7 Å². The van der Waals surface area contributed by atoms with Gasteiger partial charge in [-0.15, -0.1) is 0 Å². The molecule has 26 heavy (non-hydrogen) atoms. The van der Waals surface area contributed by atoms with Gasteiger partial charge in [0.2, 0.25) is 0 Å². The van der Waals surface area contributed by atoms with Crippen LogP contribution < -0.4 is 5.56 Å². The average Bonchev–Trinajstić information content (AvgIpc) is 2.56. The lowest BCUT2D eigenvalue weighted by atomic mass is 10.1. The number of hydrogen-bond donors (Lipinski definition) is 0. The zero-order chi connectivity index (χ0) is 19.5. The van der Waals surface area contributed by atoms with Crippen LogP contribution in [0.1, 0.15) is 23.6 Å². The van der Waals surface area contributed by atoms with E-state index in [9.17, 15) is 22.8 Å². The van der Waals surface area contributed by atoms with Crippen LogP contribution in [0.2, 0.25) is 5.02 Å². The van der Waals surface area contributed by atoms with Crippen LogP contribution in [0.15, 0.2) is 35.3 Å². The van der Waals surface area contributed by atoms with Crippen molar-refractivity contribution in [1.82, 2.24) is 9.78 Å². The number of alkyl halides is 3. The molecule has 0 bridgehead atoms. The second-order valence-corrected chi connectivity index (χ2v) is 5.60. The van der Waals surface area contributed by atoms with Crippen LogP contribution >= 0.6 is 11.6 Å². The molecular weight excluding hydrogens is 373 g/mol. The maximum absolute atomic E-state index is 12.9. The van der Waals surface area contributed by atoms with Gasteiger partial charge in [-0.25, -0.2) is 4.79 Å². The van der Waals surface area contributed by atoms with Gasteiger partial charge in [0.25, 0.3) is 5.56 Å². The molecule has 0 atom stereocenters. The minimum atomic E-state index is -4.66. The molecule has 0 radical (unpaired) electrons. The lowest BCUT2D eigenvalue weighted by Gasteiger charge is -2.12. The molecule has 1 heterocycles. The van der Waals surface area contributed by atoms with E-state index in [1.54, 1.807) is 6.92 Å². The number of carbonyl (C=O) groups excluding carboxylic acids is 1. The van der Waals surface area contributed by atoms with E-state index in [4.69, 9.17) is 16.3 Å². The zero-order valence-electron chi connectivity index (χ0n) is 13.8. The van der Waals surface area contributed by atoms with Gasteiger partial charge in [-0.2, -0.15) is 23.0 Å². The van der Waals surface area contributed by atoms with Crippen LogP contribution in [-0.2, 0) is 15.7 Å². The monoisotopic (exact) mass is 386 g/mol. The van der Waals surface area contributed by atoms with Gasteiger partial charge in [0.15, 0.2) is 0 Å². The largest absolute Gasteiger partial charge is 0.463 e. The standard InChI is InChI=1S/C17H14ClF3N2O3/c1-3-26-15(24)7-4-11-8-12(5-6-14(11)18)23-16(25)10(2)13(9-22-23)17(19,20)21/h4-9H,3H2,1-2H3. The SMILES string of the molecule is CCOC(=O)C=Cc1cc(-n2ncc(C(F)(F)F)c(C)c2=O)ccc1Cl. The highest BCUT2D eigenvalue weighted by Gasteiger charge is 2.34. The molecule has 1 aromatic carbocycles. The Labute approximate surface area is 151 Å². The van der Waals surface area contributed by atoms with Crippen LogP contribution in [0.25, 0.3) is 11.8 Å². The molecule has 2 aromatic rings. The molecule has 138 valence electrons. The summed E-state index contributed by atoms with van der Waals surface area (Å²) in [5.74, 6) is -0.574. The van der Waals surface area contributed by atoms with Crippen molar-refractivity contribution >= 4 is 23.6 Å². The number of carbonyl (C=O) groups is 1. The molecule has 0 fully saturated rings. The molecule has 0 aliphatic rings. The highest BCUT2D eigenvalue weighted by Crippen LogP contribution is 2.30. The van der Waals surface area contributed by atoms with E-state index < -0.39 is 28.8 Å². The number of nitrogens with zero attached hydrogens (tertiary/aromatic N) is 2. The Bertz CT molecular complexity index is 920. The van der Waals surface area contributed by atoms with E-state index in [1.165, 1.54) is 24.3 Å². The van der Waals surface area contributed by atoms with Crippen molar-refractivity contribution in [3.05, 3.63) is 62.5 Å². The predicted octanol–water partition coefficient (Wildman–Crippen LogP) is 3.79. The highest BCUT2D eigenvalue weighted by atomic mass is 35.5. The molecule has 0 unspecified atom stereocenters. The Balaban J connectivity index is 2.48. The van der Waals surface area contributed by atoms with E-state index in [0.29, 0.717) is 11.8 Å². The second kappa shape index (κ2) is 7.74. The van der Waals surface area contributed by atoms with E-state index in [0.717, 1.165) is 17.7 Å². The maximum atomic E-state index is 12.9. The molecule has 0 aliphatic heterocycles. The maximum Gasteiger partial charge on any atom is 0.418 e. The topological polar surface area (TPSA) is 61.2 Å². The van der Waals surface area contributed by atoms with Crippen molar-refractivity contribution in [2.24, 2.45) is 0 Å². The molecule has 0 saturated carbocycles. The van der Waals surface area contributed by atoms with Crippen LogP contribution in [0.3, 0.4) is 0 Å². The Morgan fingerprint density at radius 2 is 2.08 bits per heavy atom. The Kier molecular flexibility index (Phi) is 5.86. The first-order valence-corrected chi connectivity index (χ1v) is 7.83. The van der Waals surface area contributed by atoms with Gasteiger partial charge < -0.3 is 4.74 Å². The van der Waals surface area contributed by atoms with Gasteiger partial charge in [-0.05, 0) is 43.7 Å². The molecule has 2 rings (SSSR count). The lowest BCUT2D eigenvalue weighted by molar-refractivity contribution is -0.138. The number of halogens is 4. The summed E-state index contributed by atoms with van der Waals surface area (Å²) >= 11 is 6.04. The second-order valence-electron chi connectivity index (χ2n) is 5.19. The third-order valence-electron chi connectivity index (χ3n) is 3.43. The Morgan fingerprint density at radius 1 is 1.38 bits per heavy atom. The van der Waals surface area contributed by atoms with Crippen LogP contribution in [0.5, 0.6) is 0 Å². The molecule has 0 spiro atoms. The smallest absolute Gasteiger partial charge is 0.418 e. The first-order valence-electron chi connectivity index (χ1n) is 7.46. The first-order chi connectivity index (χ1) is 12.1. The van der Waals surface area contributed by atoms with Gasteiger partial charge in [0.05, 0.1) is 24.1 Å². The summed E-state index contributed by atoms with van der Waals surface area (Å²) in [6.07, 6.45) is -1.53. The molecule has 0 saturated heterocycles. The number of hydrogen-bond acceptors (Lipinski definition) is 4. The van der Waals surface area contributed by atoms with E-state index in [-0.39, 0.29) is 17.3 Å². The number of benzene rings is 1. The van der Waals surface area contributed by atoms with Crippen LogP contribution in [0, 0.1) is 6.92 Å². The zero-order valence-corrected chi connectivity index (χ0v) is 14.6. The molecule has 9 heteroatoms. The Morgan fingerprint density at radius 3 is 2.69 bits per heavy atom. The summed E-state index contributed by atoms with van der Waals surface area (Å²) in [6.45, 7) is 2.95. The number of ether oxygens (including phenoxy) is 1. The first kappa shape index (κ1) is 19.7. The number of esters is 1. The highest BCUT2D eigenvalue weighted by molar-refractivity contribution is 6.32. The van der Waals surface area contributed by atoms with Crippen molar-refractivity contribution in [2.75, 3.05) is 6.61 Å². The molecule has 0 aliphatic carbocycles. The summed E-state index contributed by atoms with van der Waals surface area (Å²) in [7, 11) is 0. The van der Waals surface area contributed by atoms with Crippen molar-refractivity contribution in [1.29, 1.82) is 0 Å². The minimum Gasteiger partial charge on any atom is -0.463 e. The molecule has 1 aromatic heterocycles. The Hall–Kier alpha value is -2.61.